The summed E-state index contributed by atoms with van der Waals surface area (Å²) in [7, 11) is 0. The van der Waals surface area contributed by atoms with E-state index >= 15 is 0 Å². The maximum absolute atomic E-state index is 13.6. The molecule has 46 heavy (non-hydrogen) atoms. The van der Waals surface area contributed by atoms with Gasteiger partial charge in [-0.3, -0.25) is 24.3 Å². The van der Waals surface area contributed by atoms with Crippen molar-refractivity contribution >= 4 is 28.5 Å². The molecule has 0 saturated carbocycles. The zero-order valence-corrected chi connectivity index (χ0v) is 24.8. The molecular weight excluding hydrogens is 591 g/mol. The Balaban J connectivity index is 1.09. The van der Waals surface area contributed by atoms with Crippen molar-refractivity contribution in [1.29, 1.82) is 0 Å². The summed E-state index contributed by atoms with van der Waals surface area (Å²) < 4.78 is 26.4. The number of halogens is 1. The van der Waals surface area contributed by atoms with Crippen molar-refractivity contribution in [3.63, 3.8) is 0 Å². The van der Waals surface area contributed by atoms with Crippen molar-refractivity contribution in [3.8, 4) is 17.2 Å². The first kappa shape index (κ1) is 30.6. The van der Waals surface area contributed by atoms with Crippen LogP contribution < -0.4 is 20.8 Å². The molecular formula is C34H31FN6O5. The molecule has 5 aromatic rings. The summed E-state index contributed by atoms with van der Waals surface area (Å²) in [5.41, 5.74) is 0.981. The number of fused-ring (bicyclic) bond motifs is 1. The zero-order valence-electron chi connectivity index (χ0n) is 24.8. The quantitative estimate of drug-likeness (QED) is 0.219. The van der Waals surface area contributed by atoms with Crippen LogP contribution in [0.2, 0.25) is 0 Å². The van der Waals surface area contributed by atoms with Gasteiger partial charge >= 0.3 is 0 Å². The normalized spacial score (nSPS) is 13.3. The third-order valence-electron chi connectivity index (χ3n) is 7.46. The molecule has 2 amide bonds. The molecule has 11 nitrogen and oxygen atoms in total. The number of morpholine rings is 1. The average molecular weight is 623 g/mol. The fraction of sp³-hybridized carbons (Fsp3) is 0.206. The van der Waals surface area contributed by atoms with Gasteiger partial charge in [-0.1, -0.05) is 0 Å². The van der Waals surface area contributed by atoms with Gasteiger partial charge in [0.2, 0.25) is 5.43 Å². The van der Waals surface area contributed by atoms with Crippen LogP contribution in [-0.4, -0.2) is 70.6 Å². The number of amides is 2. The van der Waals surface area contributed by atoms with Gasteiger partial charge in [0.1, 0.15) is 34.2 Å². The number of rotatable bonds is 10. The highest BCUT2D eigenvalue weighted by Crippen LogP contribution is 2.24. The number of carbonyl (C=O) groups is 2. The minimum Gasteiger partial charge on any atom is -0.457 e. The Kier molecular flexibility index (Phi) is 9.37. The number of nitrogens with zero attached hydrogens (tertiary/aromatic N) is 4. The van der Waals surface area contributed by atoms with Crippen LogP contribution in [0.4, 0.5) is 10.1 Å². The second-order valence-corrected chi connectivity index (χ2v) is 10.6. The highest BCUT2D eigenvalue weighted by atomic mass is 19.1. The molecule has 3 aromatic heterocycles. The molecule has 0 aliphatic carbocycles. The van der Waals surface area contributed by atoms with E-state index in [-0.39, 0.29) is 22.6 Å². The third-order valence-corrected chi connectivity index (χ3v) is 7.46. The second kappa shape index (κ2) is 14.1. The van der Waals surface area contributed by atoms with E-state index in [0.29, 0.717) is 35.1 Å². The summed E-state index contributed by atoms with van der Waals surface area (Å²) in [6.45, 7) is 4.73. The van der Waals surface area contributed by atoms with E-state index in [9.17, 15) is 18.8 Å². The Bertz CT molecular complexity index is 1910. The van der Waals surface area contributed by atoms with E-state index in [4.69, 9.17) is 9.47 Å². The zero-order chi connectivity index (χ0) is 31.9. The van der Waals surface area contributed by atoms with E-state index < -0.39 is 17.2 Å². The molecule has 234 valence electrons. The molecule has 0 bridgehead atoms. The predicted octanol–water partition coefficient (Wildman–Crippen LogP) is 4.42. The molecule has 0 radical (unpaired) electrons. The lowest BCUT2D eigenvalue weighted by molar-refractivity contribution is 0.0374. The van der Waals surface area contributed by atoms with Gasteiger partial charge in [-0.05, 0) is 79.7 Å². The number of nitrogens with one attached hydrogen (secondary N) is 2. The van der Waals surface area contributed by atoms with Crippen LogP contribution in [-0.2, 0) is 4.74 Å². The number of anilines is 1. The first-order chi connectivity index (χ1) is 22.4. The van der Waals surface area contributed by atoms with Gasteiger partial charge in [-0.2, -0.15) is 0 Å². The number of ether oxygens (including phenoxy) is 2. The maximum atomic E-state index is 13.6. The summed E-state index contributed by atoms with van der Waals surface area (Å²) in [5.74, 6) is -0.413. The Hall–Kier alpha value is -5.46. The highest BCUT2D eigenvalue weighted by molar-refractivity contribution is 6.05. The lowest BCUT2D eigenvalue weighted by atomic mass is 10.1. The topological polar surface area (TPSA) is 128 Å². The Morgan fingerprint density at radius 3 is 2.48 bits per heavy atom. The average Bonchev–Trinajstić information content (AvgIpc) is 3.09. The molecule has 1 fully saturated rings. The van der Waals surface area contributed by atoms with Crippen LogP contribution in [0.5, 0.6) is 11.5 Å². The van der Waals surface area contributed by atoms with Crippen LogP contribution in [0.1, 0.15) is 27.3 Å². The molecule has 0 spiro atoms. The Morgan fingerprint density at radius 1 is 0.913 bits per heavy atom. The summed E-state index contributed by atoms with van der Waals surface area (Å²) in [6, 6.07) is 18.7. The number of carbonyl (C=O) groups excluding carboxylic acids is 2. The molecule has 1 saturated heterocycles. The van der Waals surface area contributed by atoms with Gasteiger partial charge in [-0.25, -0.2) is 9.37 Å². The summed E-state index contributed by atoms with van der Waals surface area (Å²) in [5, 5.41) is 5.90. The van der Waals surface area contributed by atoms with Crippen molar-refractivity contribution in [2.45, 2.75) is 6.42 Å². The van der Waals surface area contributed by atoms with Crippen molar-refractivity contribution in [1.82, 2.24) is 24.8 Å². The molecule has 0 unspecified atom stereocenters. The third kappa shape index (κ3) is 7.25. The number of pyridine rings is 3. The molecule has 6 rings (SSSR count). The summed E-state index contributed by atoms with van der Waals surface area (Å²) >= 11 is 0. The van der Waals surface area contributed by atoms with Crippen LogP contribution >= 0.6 is 0 Å². The largest absolute Gasteiger partial charge is 0.457 e. The first-order valence-corrected chi connectivity index (χ1v) is 14.8. The van der Waals surface area contributed by atoms with E-state index in [1.807, 2.05) is 0 Å². The van der Waals surface area contributed by atoms with Crippen LogP contribution in [0.25, 0.3) is 16.7 Å². The van der Waals surface area contributed by atoms with Crippen LogP contribution in [0, 0.1) is 5.82 Å². The van der Waals surface area contributed by atoms with Crippen LogP contribution in [0.15, 0.2) is 96.2 Å². The van der Waals surface area contributed by atoms with Crippen molar-refractivity contribution in [2.24, 2.45) is 0 Å². The number of benzene rings is 2. The fourth-order valence-corrected chi connectivity index (χ4v) is 5.08. The monoisotopic (exact) mass is 622 g/mol. The maximum Gasteiger partial charge on any atom is 0.270 e. The van der Waals surface area contributed by atoms with E-state index in [1.165, 1.54) is 24.5 Å². The summed E-state index contributed by atoms with van der Waals surface area (Å²) in [4.78, 5) is 49.9. The highest BCUT2D eigenvalue weighted by Gasteiger charge is 2.18. The molecule has 0 atom stereocenters. The molecule has 1 aliphatic heterocycles. The van der Waals surface area contributed by atoms with Crippen LogP contribution in [0.3, 0.4) is 0 Å². The molecule has 2 aromatic carbocycles. The smallest absolute Gasteiger partial charge is 0.270 e. The first-order valence-electron chi connectivity index (χ1n) is 14.8. The van der Waals surface area contributed by atoms with Crippen molar-refractivity contribution < 1.29 is 23.5 Å². The number of hydrogen-bond acceptors (Lipinski definition) is 8. The van der Waals surface area contributed by atoms with Gasteiger partial charge in [-0.15, -0.1) is 0 Å². The Morgan fingerprint density at radius 2 is 1.70 bits per heavy atom. The molecule has 1 aliphatic rings. The lowest BCUT2D eigenvalue weighted by Gasteiger charge is -2.26. The Labute approximate surface area is 263 Å². The molecule has 12 heteroatoms. The van der Waals surface area contributed by atoms with Crippen molar-refractivity contribution in [2.75, 3.05) is 44.7 Å². The predicted molar refractivity (Wildman–Crippen MR) is 170 cm³/mol. The van der Waals surface area contributed by atoms with Gasteiger partial charge in [0, 0.05) is 55.7 Å². The van der Waals surface area contributed by atoms with E-state index in [2.05, 4.69) is 25.5 Å². The van der Waals surface area contributed by atoms with Gasteiger partial charge in [0.15, 0.2) is 0 Å². The molecule has 4 heterocycles. The molecule has 2 N–H and O–H groups in total. The van der Waals surface area contributed by atoms with Crippen molar-refractivity contribution in [3.05, 3.63) is 119 Å². The minimum absolute atomic E-state index is 0.103. The van der Waals surface area contributed by atoms with Gasteiger partial charge in [0.25, 0.3) is 11.8 Å². The van der Waals surface area contributed by atoms with Gasteiger partial charge in [0.05, 0.1) is 18.6 Å². The van der Waals surface area contributed by atoms with E-state index in [1.54, 1.807) is 71.4 Å². The standard InChI is InChI=1S/C34H31FN6O5/c35-23-4-8-25(9-5-23)41-22-29(31(42)28-3-1-13-37-32(28)41)33(43)39-24-6-10-26(11-7-24)46-27-12-15-36-30(21-27)34(44)38-14-2-16-40-17-19-45-20-18-40/h1,3-13,15,21-22H,2,14,16-20H2,(H,38,44)(H,39,43). The summed E-state index contributed by atoms with van der Waals surface area (Å²) in [6.07, 6.45) is 5.28. The lowest BCUT2D eigenvalue weighted by Crippen LogP contribution is -2.38. The number of hydrogen-bond donors (Lipinski definition) is 2. The van der Waals surface area contributed by atoms with Gasteiger partial charge < -0.3 is 24.7 Å². The second-order valence-electron chi connectivity index (χ2n) is 10.6. The fourth-order valence-electron chi connectivity index (χ4n) is 5.08. The van der Waals surface area contributed by atoms with E-state index in [0.717, 1.165) is 39.3 Å². The minimum atomic E-state index is -0.616. The SMILES string of the molecule is O=C(NCCCN1CCOCC1)c1cc(Oc2ccc(NC(=O)c3cn(-c4ccc(F)cc4)c4ncccc4c3=O)cc2)ccn1. The number of aromatic nitrogens is 3.